The average molecular weight is 536 g/mol. The molecule has 2 aromatic carbocycles. The van der Waals surface area contributed by atoms with E-state index < -0.39 is 47.5 Å². The van der Waals surface area contributed by atoms with Crippen molar-refractivity contribution >= 4 is 5.97 Å². The van der Waals surface area contributed by atoms with Crippen LogP contribution in [-0.2, 0) is 21.9 Å². The second-order valence-corrected chi connectivity index (χ2v) is 9.36. The Morgan fingerprint density at radius 1 is 1.03 bits per heavy atom. The molecule has 1 fully saturated rings. The van der Waals surface area contributed by atoms with Crippen LogP contribution in [0.25, 0.3) is 0 Å². The van der Waals surface area contributed by atoms with Crippen LogP contribution in [0.1, 0.15) is 66.9 Å². The highest BCUT2D eigenvalue weighted by atomic mass is 19.4. The molecule has 11 heteroatoms. The molecule has 1 N–H and O–H groups in total. The minimum atomic E-state index is -4.97. The van der Waals surface area contributed by atoms with Crippen molar-refractivity contribution in [2.75, 3.05) is 13.6 Å². The van der Waals surface area contributed by atoms with Gasteiger partial charge in [0.05, 0.1) is 23.3 Å². The summed E-state index contributed by atoms with van der Waals surface area (Å²) < 4.78 is 99.7. The van der Waals surface area contributed by atoms with E-state index in [1.165, 1.54) is 19.1 Å². The fraction of sp³-hybridized carbons (Fsp3) is 0.500. The first kappa shape index (κ1) is 28.9. The Morgan fingerprint density at radius 3 is 2.11 bits per heavy atom. The lowest BCUT2D eigenvalue weighted by Crippen LogP contribution is -2.37. The monoisotopic (exact) mass is 535 g/mol. The molecule has 0 aromatic heterocycles. The molecule has 0 heterocycles. The largest absolute Gasteiger partial charge is 0.481 e. The second-order valence-electron chi connectivity index (χ2n) is 9.36. The smallest absolute Gasteiger partial charge is 0.416 e. The van der Waals surface area contributed by atoms with Crippen molar-refractivity contribution in [1.82, 2.24) is 4.90 Å². The summed E-state index contributed by atoms with van der Waals surface area (Å²) in [5.74, 6) is -1.74. The molecule has 4 atom stereocenters. The average Bonchev–Trinajstić information content (AvgIpc) is 3.21. The van der Waals surface area contributed by atoms with Gasteiger partial charge in [0.15, 0.2) is 0 Å². The first-order valence-corrected chi connectivity index (χ1v) is 11.8. The van der Waals surface area contributed by atoms with Crippen LogP contribution in [0, 0.1) is 5.82 Å². The maximum Gasteiger partial charge on any atom is 0.416 e. The van der Waals surface area contributed by atoms with E-state index in [1.807, 2.05) is 11.9 Å². The molecule has 1 aliphatic carbocycles. The predicted octanol–water partition coefficient (Wildman–Crippen LogP) is 7.05. The van der Waals surface area contributed by atoms with Crippen LogP contribution in [0.15, 0.2) is 42.5 Å². The summed E-state index contributed by atoms with van der Waals surface area (Å²) >= 11 is 0. The van der Waals surface area contributed by atoms with E-state index in [9.17, 15) is 35.5 Å². The molecule has 1 saturated carbocycles. The van der Waals surface area contributed by atoms with Crippen molar-refractivity contribution in [1.29, 1.82) is 0 Å². The first-order valence-electron chi connectivity index (χ1n) is 11.8. The SMILES string of the molecule is CC(OC1CCC(N(C)CCCC(=O)O)C1c1ccc(F)cc1)c1cc(C(F)(F)F)cc(C(F)(F)F)c1. The molecule has 2 aromatic rings. The van der Waals surface area contributed by atoms with Gasteiger partial charge in [0.2, 0.25) is 0 Å². The lowest BCUT2D eigenvalue weighted by Gasteiger charge is -2.33. The third-order valence-electron chi connectivity index (χ3n) is 6.74. The Bertz CT molecular complexity index is 1040. The second kappa shape index (κ2) is 11.4. The van der Waals surface area contributed by atoms with Gasteiger partial charge >= 0.3 is 18.3 Å². The molecule has 1 aliphatic rings. The number of ether oxygens (including phenoxy) is 1. The summed E-state index contributed by atoms with van der Waals surface area (Å²) in [7, 11) is 1.82. The Hall–Kier alpha value is -2.66. The van der Waals surface area contributed by atoms with Crippen LogP contribution >= 0.6 is 0 Å². The molecule has 0 amide bonds. The summed E-state index contributed by atoms with van der Waals surface area (Å²) in [4.78, 5) is 12.9. The molecular formula is C26H28F7NO3. The van der Waals surface area contributed by atoms with Crippen LogP contribution in [-0.4, -0.2) is 41.7 Å². The van der Waals surface area contributed by atoms with Gasteiger partial charge in [-0.2, -0.15) is 26.3 Å². The number of likely N-dealkylation sites (N-methyl/N-ethyl adjacent to an activating group) is 1. The quantitative estimate of drug-likeness (QED) is 0.350. The van der Waals surface area contributed by atoms with E-state index in [1.54, 1.807) is 12.1 Å². The van der Waals surface area contributed by atoms with E-state index >= 15 is 0 Å². The van der Waals surface area contributed by atoms with Crippen molar-refractivity contribution < 1.29 is 45.4 Å². The number of carbonyl (C=O) groups is 1. The molecule has 0 saturated heterocycles. The molecule has 37 heavy (non-hydrogen) atoms. The number of halogens is 7. The van der Waals surface area contributed by atoms with E-state index in [2.05, 4.69) is 0 Å². The summed E-state index contributed by atoms with van der Waals surface area (Å²) in [5, 5.41) is 8.92. The number of rotatable bonds is 9. The maximum absolute atomic E-state index is 13.6. The lowest BCUT2D eigenvalue weighted by molar-refractivity contribution is -0.143. The molecule has 0 aliphatic heterocycles. The van der Waals surface area contributed by atoms with Gasteiger partial charge in [0.1, 0.15) is 5.82 Å². The number of hydrogen-bond acceptors (Lipinski definition) is 3. The van der Waals surface area contributed by atoms with Gasteiger partial charge in [-0.05, 0) is 81.2 Å². The van der Waals surface area contributed by atoms with Gasteiger partial charge in [-0.3, -0.25) is 4.79 Å². The van der Waals surface area contributed by atoms with Gasteiger partial charge < -0.3 is 14.7 Å². The normalized spacial score (nSPS) is 21.4. The standard InChI is InChI=1S/C26H28F7NO3/c1-15(17-12-18(25(28,29)30)14-19(13-17)26(31,32)33)37-22-10-9-21(34(2)11-3-4-23(35)36)24(22)16-5-7-20(27)8-6-16/h5-8,12-15,21-22,24H,3-4,9-11H2,1-2H3,(H,35,36). The molecule has 3 rings (SSSR count). The van der Waals surface area contributed by atoms with E-state index in [0.717, 1.165) is 0 Å². The number of nitrogens with zero attached hydrogens (tertiary/aromatic N) is 1. The molecule has 4 nitrogen and oxygen atoms in total. The van der Waals surface area contributed by atoms with Gasteiger partial charge in [0, 0.05) is 18.4 Å². The van der Waals surface area contributed by atoms with Crippen LogP contribution in [0.4, 0.5) is 30.7 Å². The van der Waals surface area contributed by atoms with Gasteiger partial charge in [-0.25, -0.2) is 4.39 Å². The zero-order valence-electron chi connectivity index (χ0n) is 20.2. The lowest BCUT2D eigenvalue weighted by atomic mass is 9.91. The number of benzene rings is 2. The Balaban J connectivity index is 1.89. The topological polar surface area (TPSA) is 49.8 Å². The number of hydrogen-bond donors (Lipinski definition) is 1. The molecular weight excluding hydrogens is 507 g/mol. The van der Waals surface area contributed by atoms with Gasteiger partial charge in [0.25, 0.3) is 0 Å². The molecule has 4 unspecified atom stereocenters. The third kappa shape index (κ3) is 7.44. The fourth-order valence-electron chi connectivity index (χ4n) is 4.91. The Labute approximate surface area is 210 Å². The van der Waals surface area contributed by atoms with Gasteiger partial charge in [-0.1, -0.05) is 12.1 Å². The van der Waals surface area contributed by atoms with Crippen molar-refractivity contribution in [3.63, 3.8) is 0 Å². The van der Waals surface area contributed by atoms with E-state index in [4.69, 9.17) is 9.84 Å². The summed E-state index contributed by atoms with van der Waals surface area (Å²) in [5.41, 5.74) is -2.36. The minimum Gasteiger partial charge on any atom is -0.481 e. The number of carboxylic acids is 1. The molecule has 0 spiro atoms. The minimum absolute atomic E-state index is 0.0215. The van der Waals surface area contributed by atoms with Crippen molar-refractivity contribution in [3.8, 4) is 0 Å². The van der Waals surface area contributed by atoms with E-state index in [0.29, 0.717) is 43.5 Å². The predicted molar refractivity (Wildman–Crippen MR) is 121 cm³/mol. The number of alkyl halides is 6. The molecule has 0 bridgehead atoms. The molecule has 0 radical (unpaired) electrons. The van der Waals surface area contributed by atoms with Crippen LogP contribution in [0.3, 0.4) is 0 Å². The summed E-state index contributed by atoms with van der Waals surface area (Å²) in [6.45, 7) is 1.86. The van der Waals surface area contributed by atoms with Crippen molar-refractivity contribution in [2.45, 2.75) is 69.1 Å². The van der Waals surface area contributed by atoms with Crippen LogP contribution < -0.4 is 0 Å². The zero-order valence-corrected chi connectivity index (χ0v) is 20.2. The van der Waals surface area contributed by atoms with Crippen LogP contribution in [0.2, 0.25) is 0 Å². The number of carboxylic acid groups (broad SMARTS) is 1. The first-order chi connectivity index (χ1) is 17.2. The Morgan fingerprint density at radius 2 is 1.59 bits per heavy atom. The Kier molecular flexibility index (Phi) is 8.89. The number of aliphatic carboxylic acids is 1. The summed E-state index contributed by atoms with van der Waals surface area (Å²) in [6, 6.07) is 6.97. The van der Waals surface area contributed by atoms with E-state index in [-0.39, 0.29) is 30.0 Å². The van der Waals surface area contributed by atoms with Gasteiger partial charge in [-0.15, -0.1) is 0 Å². The van der Waals surface area contributed by atoms with Crippen molar-refractivity contribution in [2.24, 2.45) is 0 Å². The molecule has 204 valence electrons. The zero-order chi connectivity index (χ0) is 27.5. The highest BCUT2D eigenvalue weighted by Crippen LogP contribution is 2.43. The van der Waals surface area contributed by atoms with Crippen LogP contribution in [0.5, 0.6) is 0 Å². The highest BCUT2D eigenvalue weighted by molar-refractivity contribution is 5.66. The van der Waals surface area contributed by atoms with Crippen molar-refractivity contribution in [3.05, 3.63) is 70.5 Å². The maximum atomic E-state index is 13.6. The fourth-order valence-corrected chi connectivity index (χ4v) is 4.91. The highest BCUT2D eigenvalue weighted by Gasteiger charge is 2.42. The summed E-state index contributed by atoms with van der Waals surface area (Å²) in [6.07, 6.45) is -10.2. The third-order valence-corrected chi connectivity index (χ3v) is 6.74.